The maximum atomic E-state index is 10.8. The summed E-state index contributed by atoms with van der Waals surface area (Å²) in [6.07, 6.45) is 0. The third-order valence-electron chi connectivity index (χ3n) is 4.81. The standard InChI is InChI=1S/C26H19Cl2NO3S/c1-16-12-21(10-11-25(16)32-15-26(30)31)33-22-13-23(17-2-6-19(27)7-3-17)29-24(14-22)18-4-8-20(28)9-5-18/h2-14H,15H2,1H3,(H,30,31). The molecular formula is C26H19Cl2NO3S. The second kappa shape index (κ2) is 10.3. The molecule has 1 heterocycles. The van der Waals surface area contributed by atoms with Gasteiger partial charge in [0.05, 0.1) is 11.4 Å². The second-order valence-electron chi connectivity index (χ2n) is 7.30. The molecule has 3 aromatic carbocycles. The molecule has 4 aromatic rings. The zero-order chi connectivity index (χ0) is 23.4. The van der Waals surface area contributed by atoms with Gasteiger partial charge >= 0.3 is 5.97 Å². The van der Waals surface area contributed by atoms with Crippen LogP contribution in [0, 0.1) is 6.92 Å². The maximum Gasteiger partial charge on any atom is 0.341 e. The number of halogens is 2. The molecule has 7 heteroatoms. The zero-order valence-corrected chi connectivity index (χ0v) is 19.9. The number of carbonyl (C=O) groups is 1. The van der Waals surface area contributed by atoms with Crippen LogP contribution in [-0.2, 0) is 4.79 Å². The lowest BCUT2D eigenvalue weighted by Gasteiger charge is -2.12. The number of ether oxygens (including phenoxy) is 1. The number of nitrogens with zero attached hydrogens (tertiary/aromatic N) is 1. The van der Waals surface area contributed by atoms with Crippen molar-refractivity contribution in [2.24, 2.45) is 0 Å². The lowest BCUT2D eigenvalue weighted by molar-refractivity contribution is -0.139. The van der Waals surface area contributed by atoms with Crippen LogP contribution in [0.5, 0.6) is 5.75 Å². The van der Waals surface area contributed by atoms with Gasteiger partial charge in [-0.25, -0.2) is 9.78 Å². The van der Waals surface area contributed by atoms with E-state index in [-0.39, 0.29) is 6.61 Å². The lowest BCUT2D eigenvalue weighted by atomic mass is 10.1. The highest BCUT2D eigenvalue weighted by molar-refractivity contribution is 7.99. The number of aromatic nitrogens is 1. The van der Waals surface area contributed by atoms with E-state index in [1.54, 1.807) is 17.8 Å². The number of hydrogen-bond acceptors (Lipinski definition) is 4. The van der Waals surface area contributed by atoms with Gasteiger partial charge in [-0.05, 0) is 67.1 Å². The van der Waals surface area contributed by atoms with Crippen molar-refractivity contribution in [3.63, 3.8) is 0 Å². The fraction of sp³-hybridized carbons (Fsp3) is 0.0769. The summed E-state index contributed by atoms with van der Waals surface area (Å²) in [7, 11) is 0. The van der Waals surface area contributed by atoms with E-state index in [1.807, 2.05) is 79.7 Å². The summed E-state index contributed by atoms with van der Waals surface area (Å²) >= 11 is 13.7. The van der Waals surface area contributed by atoms with Crippen LogP contribution in [0.1, 0.15) is 5.56 Å². The van der Waals surface area contributed by atoms with Gasteiger partial charge in [-0.3, -0.25) is 0 Å². The van der Waals surface area contributed by atoms with Crippen molar-refractivity contribution in [1.29, 1.82) is 0 Å². The molecule has 33 heavy (non-hydrogen) atoms. The van der Waals surface area contributed by atoms with Gasteiger partial charge in [-0.2, -0.15) is 0 Å². The molecule has 1 aromatic heterocycles. The van der Waals surface area contributed by atoms with E-state index in [9.17, 15) is 4.79 Å². The van der Waals surface area contributed by atoms with Crippen LogP contribution in [0.4, 0.5) is 0 Å². The van der Waals surface area contributed by atoms with Crippen LogP contribution in [0.25, 0.3) is 22.5 Å². The molecule has 0 saturated carbocycles. The van der Waals surface area contributed by atoms with E-state index in [0.717, 1.165) is 37.9 Å². The minimum absolute atomic E-state index is 0.368. The van der Waals surface area contributed by atoms with Crippen molar-refractivity contribution in [3.8, 4) is 28.3 Å². The first-order valence-electron chi connectivity index (χ1n) is 10.0. The van der Waals surface area contributed by atoms with Crippen molar-refractivity contribution >= 4 is 40.9 Å². The molecule has 4 nitrogen and oxygen atoms in total. The molecular weight excluding hydrogens is 477 g/mol. The average Bonchev–Trinajstić information content (AvgIpc) is 2.79. The third-order valence-corrected chi connectivity index (χ3v) is 6.28. The molecule has 166 valence electrons. The Morgan fingerprint density at radius 3 is 1.88 bits per heavy atom. The molecule has 0 atom stereocenters. The Labute approximate surface area is 206 Å². The predicted octanol–water partition coefficient (Wildman–Crippen LogP) is 7.65. The first kappa shape index (κ1) is 23.2. The monoisotopic (exact) mass is 495 g/mol. The SMILES string of the molecule is Cc1cc(Sc2cc(-c3ccc(Cl)cc3)nc(-c3ccc(Cl)cc3)c2)ccc1OCC(=O)O. The molecule has 0 radical (unpaired) electrons. The highest BCUT2D eigenvalue weighted by Gasteiger charge is 2.11. The summed E-state index contributed by atoms with van der Waals surface area (Å²) in [6.45, 7) is 1.53. The molecule has 1 N–H and O–H groups in total. The van der Waals surface area contributed by atoms with Gasteiger partial charge in [0.15, 0.2) is 6.61 Å². The topological polar surface area (TPSA) is 59.4 Å². The molecule has 0 aliphatic rings. The Hall–Kier alpha value is -2.99. The Bertz CT molecular complexity index is 1230. The Morgan fingerprint density at radius 2 is 1.39 bits per heavy atom. The average molecular weight is 496 g/mol. The van der Waals surface area contributed by atoms with Crippen LogP contribution in [0.15, 0.2) is 88.7 Å². The van der Waals surface area contributed by atoms with Crippen LogP contribution in [0.2, 0.25) is 10.0 Å². The fourth-order valence-electron chi connectivity index (χ4n) is 3.22. The van der Waals surface area contributed by atoms with E-state index in [1.165, 1.54) is 0 Å². The van der Waals surface area contributed by atoms with Gasteiger partial charge in [0.1, 0.15) is 5.75 Å². The number of aliphatic carboxylic acids is 1. The summed E-state index contributed by atoms with van der Waals surface area (Å²) in [4.78, 5) is 17.7. The van der Waals surface area contributed by atoms with Crippen LogP contribution in [0.3, 0.4) is 0 Å². The first-order chi connectivity index (χ1) is 15.9. The van der Waals surface area contributed by atoms with Gasteiger partial charge in [-0.15, -0.1) is 0 Å². The fourth-order valence-corrected chi connectivity index (χ4v) is 4.46. The third kappa shape index (κ3) is 6.08. The van der Waals surface area contributed by atoms with Crippen LogP contribution in [-0.4, -0.2) is 22.7 Å². The quantitative estimate of drug-likeness (QED) is 0.285. The number of aryl methyl sites for hydroxylation is 1. The Kier molecular flexibility index (Phi) is 7.23. The van der Waals surface area contributed by atoms with Gasteiger partial charge in [0.2, 0.25) is 0 Å². The molecule has 0 saturated heterocycles. The summed E-state index contributed by atoms with van der Waals surface area (Å²) in [6, 6.07) is 24.9. The smallest absolute Gasteiger partial charge is 0.341 e. The molecule has 4 rings (SSSR count). The number of hydrogen-bond donors (Lipinski definition) is 1. The van der Waals surface area contributed by atoms with Gasteiger partial charge in [0.25, 0.3) is 0 Å². The van der Waals surface area contributed by atoms with Crippen molar-refractivity contribution in [1.82, 2.24) is 4.98 Å². The number of benzene rings is 3. The highest BCUT2D eigenvalue weighted by Crippen LogP contribution is 2.35. The van der Waals surface area contributed by atoms with Gasteiger partial charge < -0.3 is 9.84 Å². The molecule has 0 spiro atoms. The van der Waals surface area contributed by atoms with Crippen molar-refractivity contribution in [3.05, 3.63) is 94.5 Å². The molecule has 0 unspecified atom stereocenters. The van der Waals surface area contributed by atoms with Crippen molar-refractivity contribution in [2.75, 3.05) is 6.61 Å². The summed E-state index contributed by atoms with van der Waals surface area (Å²) in [5.74, 6) is -0.450. The van der Waals surface area contributed by atoms with Crippen molar-refractivity contribution in [2.45, 2.75) is 16.7 Å². The van der Waals surface area contributed by atoms with Crippen molar-refractivity contribution < 1.29 is 14.6 Å². The predicted molar refractivity (Wildman–Crippen MR) is 134 cm³/mol. The first-order valence-corrected chi connectivity index (χ1v) is 11.6. The van der Waals surface area contributed by atoms with Crippen LogP contribution >= 0.6 is 35.0 Å². The maximum absolute atomic E-state index is 10.8. The van der Waals surface area contributed by atoms with Crippen LogP contribution < -0.4 is 4.74 Å². The minimum atomic E-state index is -1.01. The second-order valence-corrected chi connectivity index (χ2v) is 9.32. The number of rotatable bonds is 7. The molecule has 0 bridgehead atoms. The van der Waals surface area contributed by atoms with Gasteiger partial charge in [0, 0.05) is 31.0 Å². The number of carboxylic acid groups (broad SMARTS) is 1. The highest BCUT2D eigenvalue weighted by atomic mass is 35.5. The van der Waals surface area contributed by atoms with E-state index in [2.05, 4.69) is 0 Å². The van der Waals surface area contributed by atoms with Gasteiger partial charge in [-0.1, -0.05) is 59.2 Å². The zero-order valence-electron chi connectivity index (χ0n) is 17.6. The Balaban J connectivity index is 1.69. The molecule has 0 aliphatic heterocycles. The number of carboxylic acids is 1. The minimum Gasteiger partial charge on any atom is -0.482 e. The van der Waals surface area contributed by atoms with E-state index in [0.29, 0.717) is 15.8 Å². The molecule has 0 fully saturated rings. The van der Waals surface area contributed by atoms with E-state index >= 15 is 0 Å². The summed E-state index contributed by atoms with van der Waals surface area (Å²) in [5, 5.41) is 10.2. The van der Waals surface area contributed by atoms with E-state index < -0.39 is 5.97 Å². The molecule has 0 aliphatic carbocycles. The van der Waals surface area contributed by atoms with E-state index in [4.69, 9.17) is 38.0 Å². The largest absolute Gasteiger partial charge is 0.482 e. The lowest BCUT2D eigenvalue weighted by Crippen LogP contribution is -2.09. The summed E-state index contributed by atoms with van der Waals surface area (Å²) < 4.78 is 5.34. The Morgan fingerprint density at radius 1 is 0.848 bits per heavy atom. The molecule has 0 amide bonds. The number of pyridine rings is 1. The summed E-state index contributed by atoms with van der Waals surface area (Å²) in [5.41, 5.74) is 4.46. The normalized spacial score (nSPS) is 10.8.